The number of aromatic amines is 1. The van der Waals surface area contributed by atoms with Crippen LogP contribution in [0.3, 0.4) is 0 Å². The standard InChI is InChI=1S/C27H35ClN6O3/c1-37-21-12-22-23(14-31-27(22)30-13-21)16-10-24(28)33-26(11-16)32-17-2-4-18(5-3-17)34(15-25(29)36)19-6-8-20(35)9-7-19/h10-14,17-20,35H,2-9,15H2,1H3,(H2,29,36)(H,30,31)(H,32,33)/t17-,18-,19-,20-. The number of fused-ring (bicyclic) bond motifs is 1. The van der Waals surface area contributed by atoms with Gasteiger partial charge in [-0.25, -0.2) is 9.97 Å². The van der Waals surface area contributed by atoms with Crippen LogP contribution in [0.15, 0.2) is 30.6 Å². The Labute approximate surface area is 221 Å². The molecule has 0 atom stereocenters. The van der Waals surface area contributed by atoms with Crippen LogP contribution in [-0.2, 0) is 4.79 Å². The molecular formula is C27H35ClN6O3. The average Bonchev–Trinajstić information content (AvgIpc) is 3.31. The number of nitrogens with zero attached hydrogens (tertiary/aromatic N) is 3. The first-order chi connectivity index (χ1) is 17.9. The Balaban J connectivity index is 1.27. The molecular weight excluding hydrogens is 492 g/mol. The van der Waals surface area contributed by atoms with E-state index in [-0.39, 0.29) is 24.6 Å². The van der Waals surface area contributed by atoms with E-state index >= 15 is 0 Å². The average molecular weight is 527 g/mol. The lowest BCUT2D eigenvalue weighted by Crippen LogP contribution is -2.50. The van der Waals surface area contributed by atoms with Gasteiger partial charge in [0.25, 0.3) is 0 Å². The maximum Gasteiger partial charge on any atom is 0.231 e. The molecule has 0 saturated heterocycles. The first kappa shape index (κ1) is 25.8. The van der Waals surface area contributed by atoms with Crippen LogP contribution < -0.4 is 15.8 Å². The largest absolute Gasteiger partial charge is 0.495 e. The fourth-order valence-corrected chi connectivity index (χ4v) is 6.16. The summed E-state index contributed by atoms with van der Waals surface area (Å²) in [6.45, 7) is 0.285. The molecule has 10 heteroatoms. The molecule has 3 aromatic rings. The van der Waals surface area contributed by atoms with Gasteiger partial charge in [0.05, 0.1) is 26.0 Å². The lowest BCUT2D eigenvalue weighted by atomic mass is 9.86. The van der Waals surface area contributed by atoms with Crippen LogP contribution in [-0.4, -0.2) is 68.7 Å². The predicted octanol–water partition coefficient (Wildman–Crippen LogP) is 4.10. The number of rotatable bonds is 8. The number of carbonyl (C=O) groups excluding carboxylic acids is 1. The number of H-pyrrole nitrogens is 1. The molecule has 2 aliphatic rings. The van der Waals surface area contributed by atoms with E-state index < -0.39 is 0 Å². The van der Waals surface area contributed by atoms with Gasteiger partial charge in [-0.15, -0.1) is 0 Å². The topological polar surface area (TPSA) is 129 Å². The minimum Gasteiger partial charge on any atom is -0.495 e. The second kappa shape index (κ2) is 11.2. The molecule has 0 aliphatic heterocycles. The van der Waals surface area contributed by atoms with Crippen molar-refractivity contribution in [1.29, 1.82) is 0 Å². The van der Waals surface area contributed by atoms with Crippen molar-refractivity contribution in [2.75, 3.05) is 19.0 Å². The number of aliphatic hydroxyl groups is 1. The van der Waals surface area contributed by atoms with Gasteiger partial charge in [0.15, 0.2) is 0 Å². The number of nitrogens with one attached hydrogen (secondary N) is 2. The highest BCUT2D eigenvalue weighted by Gasteiger charge is 2.33. The van der Waals surface area contributed by atoms with E-state index in [1.54, 1.807) is 13.3 Å². The lowest BCUT2D eigenvalue weighted by Gasteiger charge is -2.43. The number of pyridine rings is 2. The Bertz CT molecular complexity index is 1230. The van der Waals surface area contributed by atoms with E-state index in [1.807, 2.05) is 24.4 Å². The number of aliphatic hydroxyl groups excluding tert-OH is 1. The fourth-order valence-electron chi connectivity index (χ4n) is 5.95. The van der Waals surface area contributed by atoms with Crippen molar-refractivity contribution in [2.45, 2.75) is 75.6 Å². The van der Waals surface area contributed by atoms with Gasteiger partial charge in [-0.3, -0.25) is 9.69 Å². The number of hydrogen-bond donors (Lipinski definition) is 4. The highest BCUT2D eigenvalue weighted by atomic mass is 35.5. The second-order valence-corrected chi connectivity index (χ2v) is 10.7. The number of nitrogens with two attached hydrogens (primary N) is 1. The van der Waals surface area contributed by atoms with E-state index in [4.69, 9.17) is 22.1 Å². The number of hydrogen-bond acceptors (Lipinski definition) is 7. The minimum atomic E-state index is -0.285. The molecule has 0 bridgehead atoms. The monoisotopic (exact) mass is 526 g/mol. The molecule has 2 aliphatic carbocycles. The van der Waals surface area contributed by atoms with Crippen molar-refractivity contribution >= 4 is 34.4 Å². The molecule has 0 radical (unpaired) electrons. The first-order valence-electron chi connectivity index (χ1n) is 13.1. The molecule has 2 saturated carbocycles. The third kappa shape index (κ3) is 6.00. The van der Waals surface area contributed by atoms with Crippen molar-refractivity contribution in [1.82, 2.24) is 19.9 Å². The number of ether oxygens (including phenoxy) is 1. The zero-order valence-corrected chi connectivity index (χ0v) is 21.9. The van der Waals surface area contributed by atoms with Crippen molar-refractivity contribution in [3.05, 3.63) is 35.7 Å². The summed E-state index contributed by atoms with van der Waals surface area (Å²) >= 11 is 6.43. The summed E-state index contributed by atoms with van der Waals surface area (Å²) in [5.74, 6) is 1.15. The molecule has 1 amide bonds. The summed E-state index contributed by atoms with van der Waals surface area (Å²) in [6.07, 6.45) is 10.7. The Morgan fingerprint density at radius 2 is 1.86 bits per heavy atom. The third-order valence-corrected chi connectivity index (χ3v) is 8.03. The molecule has 9 nitrogen and oxygen atoms in total. The number of methoxy groups -OCH3 is 1. The van der Waals surface area contributed by atoms with Crippen molar-refractivity contribution in [3.8, 4) is 16.9 Å². The highest BCUT2D eigenvalue weighted by Crippen LogP contribution is 2.34. The summed E-state index contributed by atoms with van der Waals surface area (Å²) in [4.78, 5) is 26.3. The second-order valence-electron chi connectivity index (χ2n) is 10.3. The Hall–Kier alpha value is -2.88. The Kier molecular flexibility index (Phi) is 7.83. The van der Waals surface area contributed by atoms with Crippen LogP contribution in [0.5, 0.6) is 5.75 Å². The maximum absolute atomic E-state index is 11.8. The summed E-state index contributed by atoms with van der Waals surface area (Å²) in [7, 11) is 1.63. The van der Waals surface area contributed by atoms with E-state index in [1.165, 1.54) is 0 Å². The van der Waals surface area contributed by atoms with Gasteiger partial charge in [-0.2, -0.15) is 0 Å². The van der Waals surface area contributed by atoms with Crippen molar-refractivity contribution < 1.29 is 14.6 Å². The number of amides is 1. The predicted molar refractivity (Wildman–Crippen MR) is 145 cm³/mol. The van der Waals surface area contributed by atoms with E-state index in [2.05, 4.69) is 25.2 Å². The van der Waals surface area contributed by atoms with Gasteiger partial charge in [0.1, 0.15) is 22.4 Å². The van der Waals surface area contributed by atoms with Crippen LogP contribution in [0.4, 0.5) is 5.82 Å². The van der Waals surface area contributed by atoms with Crippen LogP contribution >= 0.6 is 11.6 Å². The molecule has 0 spiro atoms. The SMILES string of the molecule is COc1cnc2[nH]cc(-c3cc(Cl)nc(N[C@H]4CC[C@H](N(CC(N)=O)[C@H]5CC[C@H](O)CC5)CC4)c3)c2c1. The molecule has 2 fully saturated rings. The number of aromatic nitrogens is 3. The summed E-state index contributed by atoms with van der Waals surface area (Å²) in [5.41, 5.74) is 8.32. The number of primary amides is 1. The molecule has 5 N–H and O–H groups in total. The van der Waals surface area contributed by atoms with Crippen LogP contribution in [0, 0.1) is 0 Å². The Morgan fingerprint density at radius 3 is 2.54 bits per heavy atom. The number of anilines is 1. The third-order valence-electron chi connectivity index (χ3n) is 7.84. The zero-order chi connectivity index (χ0) is 25.9. The van der Waals surface area contributed by atoms with Gasteiger partial charge < -0.3 is 25.9 Å². The smallest absolute Gasteiger partial charge is 0.231 e. The lowest BCUT2D eigenvalue weighted by molar-refractivity contribution is -0.121. The van der Waals surface area contributed by atoms with E-state index in [0.29, 0.717) is 23.0 Å². The van der Waals surface area contributed by atoms with Crippen LogP contribution in [0.1, 0.15) is 51.4 Å². The van der Waals surface area contributed by atoms with Crippen molar-refractivity contribution in [3.63, 3.8) is 0 Å². The fraction of sp³-hybridized carbons (Fsp3) is 0.519. The quantitative estimate of drug-likeness (QED) is 0.325. The van der Waals surface area contributed by atoms with Gasteiger partial charge in [-0.1, -0.05) is 11.6 Å². The van der Waals surface area contributed by atoms with Gasteiger partial charge >= 0.3 is 0 Å². The Morgan fingerprint density at radius 1 is 1.16 bits per heavy atom. The maximum atomic E-state index is 11.8. The highest BCUT2D eigenvalue weighted by molar-refractivity contribution is 6.29. The van der Waals surface area contributed by atoms with Crippen LogP contribution in [0.2, 0.25) is 5.15 Å². The number of halogens is 1. The van der Waals surface area contributed by atoms with Gasteiger partial charge in [0, 0.05) is 35.3 Å². The van der Waals surface area contributed by atoms with E-state index in [9.17, 15) is 9.90 Å². The zero-order valence-electron chi connectivity index (χ0n) is 21.1. The molecule has 5 rings (SSSR count). The molecule has 0 aromatic carbocycles. The van der Waals surface area contributed by atoms with E-state index in [0.717, 1.165) is 79.3 Å². The van der Waals surface area contributed by atoms with Crippen molar-refractivity contribution in [2.24, 2.45) is 5.73 Å². The van der Waals surface area contributed by atoms with Gasteiger partial charge in [0.2, 0.25) is 5.91 Å². The summed E-state index contributed by atoms with van der Waals surface area (Å²) in [5, 5.41) is 14.9. The summed E-state index contributed by atoms with van der Waals surface area (Å²) < 4.78 is 5.35. The molecule has 198 valence electrons. The molecule has 3 heterocycles. The van der Waals surface area contributed by atoms with Gasteiger partial charge in [-0.05, 0) is 75.1 Å². The number of carbonyl (C=O) groups is 1. The minimum absolute atomic E-state index is 0.218. The first-order valence-corrected chi connectivity index (χ1v) is 13.4. The molecule has 37 heavy (non-hydrogen) atoms. The normalized spacial score (nSPS) is 24.3. The van der Waals surface area contributed by atoms with Crippen LogP contribution in [0.25, 0.3) is 22.2 Å². The molecule has 3 aromatic heterocycles. The molecule has 0 unspecified atom stereocenters. The summed E-state index contributed by atoms with van der Waals surface area (Å²) in [6, 6.07) is 6.74.